The molecule has 2 fully saturated rings. The van der Waals surface area contributed by atoms with Crippen molar-refractivity contribution in [1.29, 1.82) is 0 Å². The normalized spacial score (nSPS) is 30.9. The van der Waals surface area contributed by atoms with E-state index in [1.165, 1.54) is 57.9 Å². The van der Waals surface area contributed by atoms with Crippen molar-refractivity contribution >= 4 is 0 Å². The maximum Gasteiger partial charge on any atom is 0.0594 e. The van der Waals surface area contributed by atoms with Crippen LogP contribution in [-0.4, -0.2) is 25.8 Å². The smallest absolute Gasteiger partial charge is 0.0594 e. The third-order valence-electron chi connectivity index (χ3n) is 4.41. The fraction of sp³-hybridized carbons (Fsp3) is 1.00. The Morgan fingerprint density at radius 3 is 2.65 bits per heavy atom. The summed E-state index contributed by atoms with van der Waals surface area (Å²) in [5.41, 5.74) is 0. The highest BCUT2D eigenvalue weighted by Gasteiger charge is 2.18. The highest BCUT2D eigenvalue weighted by atomic mass is 16.5. The zero-order chi connectivity index (χ0) is 11.9. The second-order valence-electron chi connectivity index (χ2n) is 6.12. The van der Waals surface area contributed by atoms with Gasteiger partial charge in [-0.2, -0.15) is 0 Å². The summed E-state index contributed by atoms with van der Waals surface area (Å²) in [6, 6.07) is 0. The van der Waals surface area contributed by atoms with E-state index in [0.717, 1.165) is 25.0 Å². The van der Waals surface area contributed by atoms with Gasteiger partial charge in [0.2, 0.25) is 0 Å². The summed E-state index contributed by atoms with van der Waals surface area (Å²) in [6.45, 7) is 5.56. The minimum absolute atomic E-state index is 0.575. The molecular weight excluding hydrogens is 210 g/mol. The van der Waals surface area contributed by atoms with Crippen molar-refractivity contribution in [3.8, 4) is 0 Å². The predicted molar refractivity (Wildman–Crippen MR) is 72.2 cm³/mol. The van der Waals surface area contributed by atoms with Crippen molar-refractivity contribution < 1.29 is 4.74 Å². The molecule has 0 aromatic carbocycles. The highest BCUT2D eigenvalue weighted by molar-refractivity contribution is 4.72. The van der Waals surface area contributed by atoms with E-state index in [4.69, 9.17) is 4.74 Å². The molecule has 2 heteroatoms. The highest BCUT2D eigenvalue weighted by Crippen LogP contribution is 2.27. The Hall–Kier alpha value is -0.0800. The van der Waals surface area contributed by atoms with Gasteiger partial charge in [-0.25, -0.2) is 0 Å². The zero-order valence-corrected chi connectivity index (χ0v) is 11.4. The van der Waals surface area contributed by atoms with E-state index in [-0.39, 0.29) is 0 Å². The van der Waals surface area contributed by atoms with Crippen LogP contribution in [0.25, 0.3) is 0 Å². The molecule has 0 aliphatic heterocycles. The molecule has 0 amide bonds. The molecule has 2 rings (SSSR count). The lowest BCUT2D eigenvalue weighted by molar-refractivity contribution is 0.0596. The average molecular weight is 239 g/mol. The first-order chi connectivity index (χ1) is 8.34. The Kier molecular flexibility index (Phi) is 5.79. The van der Waals surface area contributed by atoms with Crippen molar-refractivity contribution in [1.82, 2.24) is 5.32 Å². The van der Waals surface area contributed by atoms with E-state index in [1.807, 2.05) is 0 Å². The van der Waals surface area contributed by atoms with E-state index >= 15 is 0 Å². The summed E-state index contributed by atoms with van der Waals surface area (Å²) in [6.07, 6.45) is 11.6. The van der Waals surface area contributed by atoms with Gasteiger partial charge in [0, 0.05) is 6.54 Å². The summed E-state index contributed by atoms with van der Waals surface area (Å²) in [5.74, 6) is 1.87. The third kappa shape index (κ3) is 4.97. The molecule has 0 heterocycles. The van der Waals surface area contributed by atoms with Crippen LogP contribution in [0, 0.1) is 11.8 Å². The summed E-state index contributed by atoms with van der Waals surface area (Å²) in [4.78, 5) is 0. The standard InChI is InChI=1S/C15H29NO/c1-13-5-4-6-14(11-13)12-16-9-10-17-15-7-2-3-8-15/h13-16H,2-12H2,1H3. The summed E-state index contributed by atoms with van der Waals surface area (Å²) < 4.78 is 5.85. The molecule has 0 aromatic rings. The number of ether oxygens (including phenoxy) is 1. The van der Waals surface area contributed by atoms with Crippen LogP contribution in [0.4, 0.5) is 0 Å². The molecule has 2 nitrogen and oxygen atoms in total. The van der Waals surface area contributed by atoms with Crippen molar-refractivity contribution in [2.75, 3.05) is 19.7 Å². The van der Waals surface area contributed by atoms with Gasteiger partial charge in [0.25, 0.3) is 0 Å². The van der Waals surface area contributed by atoms with Crippen LogP contribution < -0.4 is 5.32 Å². The van der Waals surface area contributed by atoms with Crippen LogP contribution in [0.2, 0.25) is 0 Å². The van der Waals surface area contributed by atoms with Crippen LogP contribution in [0.1, 0.15) is 58.3 Å². The molecular formula is C15H29NO. The minimum Gasteiger partial charge on any atom is -0.377 e. The minimum atomic E-state index is 0.575. The maximum atomic E-state index is 5.85. The van der Waals surface area contributed by atoms with Crippen LogP contribution in [-0.2, 0) is 4.74 Å². The molecule has 2 saturated carbocycles. The Balaban J connectivity index is 1.45. The fourth-order valence-corrected chi connectivity index (χ4v) is 3.40. The molecule has 1 N–H and O–H groups in total. The van der Waals surface area contributed by atoms with Crippen molar-refractivity contribution in [2.45, 2.75) is 64.4 Å². The van der Waals surface area contributed by atoms with Gasteiger partial charge in [0.05, 0.1) is 12.7 Å². The molecule has 2 aliphatic rings. The largest absolute Gasteiger partial charge is 0.377 e. The van der Waals surface area contributed by atoms with E-state index < -0.39 is 0 Å². The van der Waals surface area contributed by atoms with Crippen molar-refractivity contribution in [3.05, 3.63) is 0 Å². The monoisotopic (exact) mass is 239 g/mol. The van der Waals surface area contributed by atoms with Gasteiger partial charge in [0.15, 0.2) is 0 Å². The van der Waals surface area contributed by atoms with E-state index in [9.17, 15) is 0 Å². The predicted octanol–water partition coefficient (Wildman–Crippen LogP) is 3.36. The van der Waals surface area contributed by atoms with Gasteiger partial charge in [-0.15, -0.1) is 0 Å². The first-order valence-corrected chi connectivity index (χ1v) is 7.67. The van der Waals surface area contributed by atoms with Crippen LogP contribution in [0.3, 0.4) is 0 Å². The van der Waals surface area contributed by atoms with Crippen LogP contribution in [0.5, 0.6) is 0 Å². The lowest BCUT2D eigenvalue weighted by atomic mass is 9.82. The zero-order valence-electron chi connectivity index (χ0n) is 11.4. The van der Waals surface area contributed by atoms with E-state index in [2.05, 4.69) is 12.2 Å². The average Bonchev–Trinajstić information content (AvgIpc) is 2.82. The van der Waals surface area contributed by atoms with Crippen LogP contribution in [0.15, 0.2) is 0 Å². The molecule has 0 bridgehead atoms. The van der Waals surface area contributed by atoms with E-state index in [1.54, 1.807) is 0 Å². The molecule has 0 radical (unpaired) electrons. The molecule has 17 heavy (non-hydrogen) atoms. The summed E-state index contributed by atoms with van der Waals surface area (Å²) in [7, 11) is 0. The molecule has 2 aliphatic carbocycles. The lowest BCUT2D eigenvalue weighted by Gasteiger charge is -2.26. The number of hydrogen-bond acceptors (Lipinski definition) is 2. The summed E-state index contributed by atoms with van der Waals surface area (Å²) >= 11 is 0. The Morgan fingerprint density at radius 2 is 1.88 bits per heavy atom. The van der Waals surface area contributed by atoms with Gasteiger partial charge in [-0.05, 0) is 44.1 Å². The molecule has 2 unspecified atom stereocenters. The summed E-state index contributed by atoms with van der Waals surface area (Å²) in [5, 5.41) is 3.57. The van der Waals surface area contributed by atoms with Crippen LogP contribution >= 0.6 is 0 Å². The number of nitrogens with one attached hydrogen (secondary N) is 1. The Labute approximate surface area is 107 Å². The van der Waals surface area contributed by atoms with Gasteiger partial charge in [0.1, 0.15) is 0 Å². The number of hydrogen-bond donors (Lipinski definition) is 1. The molecule has 2 atom stereocenters. The third-order valence-corrected chi connectivity index (χ3v) is 4.41. The molecule has 0 aromatic heterocycles. The SMILES string of the molecule is CC1CCCC(CNCCOC2CCCC2)C1. The number of rotatable bonds is 6. The first kappa shape index (κ1) is 13.4. The quantitative estimate of drug-likeness (QED) is 0.718. The molecule has 100 valence electrons. The van der Waals surface area contributed by atoms with Crippen molar-refractivity contribution in [3.63, 3.8) is 0 Å². The fourth-order valence-electron chi connectivity index (χ4n) is 3.40. The van der Waals surface area contributed by atoms with Gasteiger partial charge >= 0.3 is 0 Å². The lowest BCUT2D eigenvalue weighted by Crippen LogP contribution is -2.29. The van der Waals surface area contributed by atoms with Gasteiger partial charge in [-0.3, -0.25) is 0 Å². The van der Waals surface area contributed by atoms with Gasteiger partial charge in [-0.1, -0.05) is 32.6 Å². The van der Waals surface area contributed by atoms with E-state index in [0.29, 0.717) is 6.10 Å². The van der Waals surface area contributed by atoms with Gasteiger partial charge < -0.3 is 10.1 Å². The molecule has 0 spiro atoms. The second kappa shape index (κ2) is 7.38. The second-order valence-corrected chi connectivity index (χ2v) is 6.12. The topological polar surface area (TPSA) is 21.3 Å². The molecule has 0 saturated heterocycles. The maximum absolute atomic E-state index is 5.85. The van der Waals surface area contributed by atoms with Crippen molar-refractivity contribution in [2.24, 2.45) is 11.8 Å². The Bertz CT molecular complexity index is 201. The first-order valence-electron chi connectivity index (χ1n) is 7.67. The Morgan fingerprint density at radius 1 is 1.06 bits per heavy atom.